The summed E-state index contributed by atoms with van der Waals surface area (Å²) < 4.78 is 26.3. The van der Waals surface area contributed by atoms with E-state index >= 15 is 0 Å². The van der Waals surface area contributed by atoms with Crippen LogP contribution in [0.1, 0.15) is 12.5 Å². The Morgan fingerprint density at radius 1 is 1.22 bits per heavy atom. The van der Waals surface area contributed by atoms with Crippen LogP contribution in [-0.2, 0) is 16.4 Å². The van der Waals surface area contributed by atoms with Crippen molar-refractivity contribution >= 4 is 10.0 Å². The summed E-state index contributed by atoms with van der Waals surface area (Å²) in [7, 11) is -1.99. The maximum absolute atomic E-state index is 12.0. The Kier molecular flexibility index (Phi) is 3.54. The van der Waals surface area contributed by atoms with Gasteiger partial charge >= 0.3 is 0 Å². The molecular formula is C13H16N2O2S. The van der Waals surface area contributed by atoms with Gasteiger partial charge in [-0.05, 0) is 37.2 Å². The van der Waals surface area contributed by atoms with Crippen molar-refractivity contribution in [1.82, 2.24) is 9.71 Å². The quantitative estimate of drug-likeness (QED) is 0.889. The number of benzene rings is 1. The van der Waals surface area contributed by atoms with Crippen molar-refractivity contribution < 1.29 is 8.42 Å². The second-order valence-corrected chi connectivity index (χ2v) is 5.78. The highest BCUT2D eigenvalue weighted by Crippen LogP contribution is 2.28. The third kappa shape index (κ3) is 2.19. The summed E-state index contributed by atoms with van der Waals surface area (Å²) >= 11 is 0. The molecule has 1 aromatic heterocycles. The zero-order chi connectivity index (χ0) is 13.2. The van der Waals surface area contributed by atoms with Gasteiger partial charge in [0.05, 0.1) is 4.90 Å². The number of sulfonamides is 1. The molecule has 0 unspecified atom stereocenters. The summed E-state index contributed by atoms with van der Waals surface area (Å²) in [5, 5.41) is 0. The molecule has 2 N–H and O–H groups in total. The van der Waals surface area contributed by atoms with Crippen molar-refractivity contribution in [2.45, 2.75) is 18.2 Å². The van der Waals surface area contributed by atoms with Crippen molar-refractivity contribution in [2.24, 2.45) is 0 Å². The Morgan fingerprint density at radius 3 is 2.56 bits per heavy atom. The van der Waals surface area contributed by atoms with E-state index < -0.39 is 10.0 Å². The van der Waals surface area contributed by atoms with Crippen molar-refractivity contribution in [3.63, 3.8) is 0 Å². The maximum atomic E-state index is 12.0. The van der Waals surface area contributed by atoms with Gasteiger partial charge in [0.15, 0.2) is 0 Å². The fraction of sp³-hybridized carbons (Fsp3) is 0.231. The van der Waals surface area contributed by atoms with Crippen LogP contribution in [-0.4, -0.2) is 20.4 Å². The molecule has 0 saturated heterocycles. The highest BCUT2D eigenvalue weighted by atomic mass is 32.2. The van der Waals surface area contributed by atoms with E-state index in [0.717, 1.165) is 16.8 Å². The maximum Gasteiger partial charge on any atom is 0.240 e. The van der Waals surface area contributed by atoms with Crippen LogP contribution in [0, 0.1) is 0 Å². The molecule has 0 aliphatic rings. The van der Waals surface area contributed by atoms with Crippen LogP contribution in [0.2, 0.25) is 0 Å². The molecule has 0 saturated carbocycles. The van der Waals surface area contributed by atoms with Crippen LogP contribution in [0.5, 0.6) is 0 Å². The zero-order valence-corrected chi connectivity index (χ0v) is 11.2. The van der Waals surface area contributed by atoms with Gasteiger partial charge in [-0.3, -0.25) is 0 Å². The average Bonchev–Trinajstić information content (AvgIpc) is 2.91. The van der Waals surface area contributed by atoms with Crippen molar-refractivity contribution in [1.29, 1.82) is 0 Å². The lowest BCUT2D eigenvalue weighted by atomic mass is 10.0. The molecule has 0 atom stereocenters. The van der Waals surface area contributed by atoms with Gasteiger partial charge in [-0.1, -0.05) is 19.1 Å². The molecule has 1 heterocycles. The Morgan fingerprint density at radius 2 is 2.00 bits per heavy atom. The van der Waals surface area contributed by atoms with Gasteiger partial charge < -0.3 is 4.98 Å². The molecule has 18 heavy (non-hydrogen) atoms. The van der Waals surface area contributed by atoms with Gasteiger partial charge in [-0.2, -0.15) is 0 Å². The molecular weight excluding hydrogens is 248 g/mol. The number of hydrogen-bond donors (Lipinski definition) is 2. The molecule has 0 bridgehead atoms. The summed E-state index contributed by atoms with van der Waals surface area (Å²) in [4.78, 5) is 3.46. The Hall–Kier alpha value is -1.59. The van der Waals surface area contributed by atoms with Gasteiger partial charge in [0.2, 0.25) is 10.0 Å². The lowest BCUT2D eigenvalue weighted by molar-refractivity contribution is 0.587. The first-order valence-corrected chi connectivity index (χ1v) is 7.27. The molecule has 0 aliphatic heterocycles. The summed E-state index contributed by atoms with van der Waals surface area (Å²) in [5.41, 5.74) is 2.69. The van der Waals surface area contributed by atoms with Crippen LogP contribution >= 0.6 is 0 Å². The Balaban J connectivity index is 2.68. The molecule has 96 valence electrons. The summed E-state index contributed by atoms with van der Waals surface area (Å²) in [6, 6.07) is 9.16. The predicted octanol–water partition coefficient (Wildman–Crippen LogP) is 2.15. The van der Waals surface area contributed by atoms with Gasteiger partial charge in [0, 0.05) is 17.5 Å². The van der Waals surface area contributed by atoms with Crippen LogP contribution in [0.25, 0.3) is 11.3 Å². The first-order valence-electron chi connectivity index (χ1n) is 5.79. The van der Waals surface area contributed by atoms with E-state index in [9.17, 15) is 8.42 Å². The fourth-order valence-corrected chi connectivity index (χ4v) is 3.10. The second-order valence-electron chi connectivity index (χ2n) is 3.93. The lowest BCUT2D eigenvalue weighted by Gasteiger charge is -2.12. The first kappa shape index (κ1) is 12.9. The van der Waals surface area contributed by atoms with Gasteiger partial charge in [0.1, 0.15) is 0 Å². The predicted molar refractivity (Wildman–Crippen MR) is 71.9 cm³/mol. The normalized spacial score (nSPS) is 11.7. The number of hydrogen-bond acceptors (Lipinski definition) is 2. The van der Waals surface area contributed by atoms with Crippen molar-refractivity contribution in [3.05, 3.63) is 42.1 Å². The van der Waals surface area contributed by atoms with Crippen LogP contribution in [0.15, 0.2) is 41.4 Å². The minimum Gasteiger partial charge on any atom is -0.361 e. The van der Waals surface area contributed by atoms with Crippen LogP contribution in [0.4, 0.5) is 0 Å². The topological polar surface area (TPSA) is 62.0 Å². The average molecular weight is 264 g/mol. The number of rotatable bonds is 4. The van der Waals surface area contributed by atoms with Gasteiger partial charge in [-0.25, -0.2) is 13.1 Å². The van der Waals surface area contributed by atoms with Crippen molar-refractivity contribution in [3.8, 4) is 11.3 Å². The molecule has 2 aromatic rings. The highest BCUT2D eigenvalue weighted by molar-refractivity contribution is 7.89. The van der Waals surface area contributed by atoms with E-state index in [1.54, 1.807) is 12.1 Å². The highest BCUT2D eigenvalue weighted by Gasteiger charge is 2.18. The molecule has 2 rings (SSSR count). The minimum atomic E-state index is -3.42. The summed E-state index contributed by atoms with van der Waals surface area (Å²) in [6.07, 6.45) is 2.49. The van der Waals surface area contributed by atoms with E-state index in [0.29, 0.717) is 11.3 Å². The van der Waals surface area contributed by atoms with E-state index in [1.807, 2.05) is 31.3 Å². The number of nitrogens with one attached hydrogen (secondary N) is 2. The number of H-pyrrole nitrogens is 1. The van der Waals surface area contributed by atoms with Gasteiger partial charge in [0.25, 0.3) is 0 Å². The van der Waals surface area contributed by atoms with E-state index in [1.165, 1.54) is 7.05 Å². The fourth-order valence-electron chi connectivity index (χ4n) is 2.04. The molecule has 0 amide bonds. The van der Waals surface area contributed by atoms with E-state index in [2.05, 4.69) is 9.71 Å². The SMILES string of the molecule is CCc1c(-c2ccc[nH]2)cccc1S(=O)(=O)NC. The standard InChI is InChI=1S/C13H16N2O2S/c1-3-10-11(12-7-5-9-15-12)6-4-8-13(10)18(16,17)14-2/h4-9,14-15H,3H2,1-2H3. The number of aromatic amines is 1. The Labute approximate surface area is 107 Å². The van der Waals surface area contributed by atoms with E-state index in [-0.39, 0.29) is 0 Å². The molecule has 0 aliphatic carbocycles. The van der Waals surface area contributed by atoms with Gasteiger partial charge in [-0.15, -0.1) is 0 Å². The molecule has 0 fully saturated rings. The molecule has 1 aromatic carbocycles. The molecule has 4 nitrogen and oxygen atoms in total. The molecule has 5 heteroatoms. The lowest BCUT2D eigenvalue weighted by Crippen LogP contribution is -2.20. The van der Waals surface area contributed by atoms with Crippen LogP contribution in [0.3, 0.4) is 0 Å². The van der Waals surface area contributed by atoms with Crippen LogP contribution < -0.4 is 4.72 Å². The smallest absolute Gasteiger partial charge is 0.240 e. The third-order valence-electron chi connectivity index (χ3n) is 2.93. The second kappa shape index (κ2) is 4.96. The summed E-state index contributed by atoms with van der Waals surface area (Å²) in [5.74, 6) is 0. The monoisotopic (exact) mass is 264 g/mol. The minimum absolute atomic E-state index is 0.347. The van der Waals surface area contributed by atoms with E-state index in [4.69, 9.17) is 0 Å². The summed E-state index contributed by atoms with van der Waals surface area (Å²) in [6.45, 7) is 1.95. The Bertz CT molecular complexity index is 631. The largest absolute Gasteiger partial charge is 0.361 e. The first-order chi connectivity index (χ1) is 8.60. The zero-order valence-electron chi connectivity index (χ0n) is 10.4. The van der Waals surface area contributed by atoms with Crippen molar-refractivity contribution in [2.75, 3.05) is 7.05 Å². The third-order valence-corrected chi connectivity index (χ3v) is 4.43. The molecule has 0 radical (unpaired) electrons. The number of aromatic nitrogens is 1. The molecule has 0 spiro atoms.